The summed E-state index contributed by atoms with van der Waals surface area (Å²) in [7, 11) is 0. The molecule has 2 heterocycles. The first-order valence-corrected chi connectivity index (χ1v) is 7.34. The third kappa shape index (κ3) is 3.01. The lowest BCUT2D eigenvalue weighted by molar-refractivity contribution is -0.115. The fourth-order valence-corrected chi connectivity index (χ4v) is 2.66. The van der Waals surface area contributed by atoms with Gasteiger partial charge in [0.2, 0.25) is 5.91 Å². The average molecular weight is 322 g/mol. The molecule has 0 saturated carbocycles. The van der Waals surface area contributed by atoms with Gasteiger partial charge in [0.1, 0.15) is 11.9 Å². The number of carbonyl (C=O) groups is 1. The Bertz CT molecular complexity index is 701. The molecular formula is C15H16ClN3O3. The maximum Gasteiger partial charge on any atom is 0.245 e. The van der Waals surface area contributed by atoms with Crippen LogP contribution in [0.2, 0.25) is 5.02 Å². The number of halogens is 1. The molecule has 0 fully saturated rings. The van der Waals surface area contributed by atoms with Gasteiger partial charge >= 0.3 is 0 Å². The Hall–Kier alpha value is -2.21. The third-order valence-electron chi connectivity index (χ3n) is 3.31. The zero-order chi connectivity index (χ0) is 15.7. The van der Waals surface area contributed by atoms with Gasteiger partial charge in [0.15, 0.2) is 11.6 Å². The first-order chi connectivity index (χ1) is 10.5. The smallest absolute Gasteiger partial charge is 0.245 e. The molecule has 1 aliphatic heterocycles. The quantitative estimate of drug-likeness (QED) is 0.941. The molecule has 1 aromatic carbocycles. The molecule has 1 N–H and O–H groups in total. The van der Waals surface area contributed by atoms with Crippen molar-refractivity contribution in [1.29, 1.82) is 0 Å². The fourth-order valence-electron chi connectivity index (χ4n) is 2.44. The largest absolute Gasteiger partial charge is 0.485 e. The second-order valence-corrected chi connectivity index (χ2v) is 5.68. The lowest BCUT2D eigenvalue weighted by Crippen LogP contribution is -2.42. The van der Waals surface area contributed by atoms with E-state index in [4.69, 9.17) is 20.9 Å². The summed E-state index contributed by atoms with van der Waals surface area (Å²) in [6.07, 6.45) is -0.0468. The van der Waals surface area contributed by atoms with Crippen molar-refractivity contribution in [3.63, 3.8) is 0 Å². The van der Waals surface area contributed by atoms with Crippen LogP contribution in [0.5, 0.6) is 5.75 Å². The standard InChI is InChI=1S/C15H16ClN3O3/c1-9-6-13(18-22-9)17-14(20)8-19-7-10(2)21-15-11(16)4-3-5-12(15)19/h3-6,10H,7-8H2,1-2H3,(H,17,18,20)/t10-/m1/s1. The van der Waals surface area contributed by atoms with Crippen LogP contribution in [0.25, 0.3) is 0 Å². The van der Waals surface area contributed by atoms with E-state index >= 15 is 0 Å². The molecule has 0 spiro atoms. The van der Waals surface area contributed by atoms with Crippen LogP contribution in [-0.2, 0) is 4.79 Å². The first kappa shape index (κ1) is 14.7. The molecule has 0 bridgehead atoms. The van der Waals surface area contributed by atoms with Crippen LogP contribution < -0.4 is 15.0 Å². The molecule has 0 aliphatic carbocycles. The van der Waals surface area contributed by atoms with Gasteiger partial charge in [-0.2, -0.15) is 0 Å². The number of benzene rings is 1. The zero-order valence-corrected chi connectivity index (χ0v) is 13.1. The lowest BCUT2D eigenvalue weighted by atomic mass is 10.2. The highest BCUT2D eigenvalue weighted by Gasteiger charge is 2.26. The van der Waals surface area contributed by atoms with E-state index < -0.39 is 0 Å². The number of rotatable bonds is 3. The van der Waals surface area contributed by atoms with E-state index in [1.54, 1.807) is 19.1 Å². The maximum atomic E-state index is 12.2. The van der Waals surface area contributed by atoms with Gasteiger partial charge < -0.3 is 19.5 Å². The Morgan fingerprint density at radius 3 is 3.09 bits per heavy atom. The molecule has 116 valence electrons. The predicted molar refractivity (Wildman–Crippen MR) is 83.6 cm³/mol. The summed E-state index contributed by atoms with van der Waals surface area (Å²) in [6.45, 7) is 4.51. The summed E-state index contributed by atoms with van der Waals surface area (Å²) >= 11 is 6.17. The monoisotopic (exact) mass is 321 g/mol. The number of carbonyl (C=O) groups excluding carboxylic acids is 1. The van der Waals surface area contributed by atoms with Gasteiger partial charge in [-0.25, -0.2) is 0 Å². The molecule has 2 aromatic rings. The number of para-hydroxylation sites is 1. The van der Waals surface area contributed by atoms with Crippen LogP contribution in [0.4, 0.5) is 11.5 Å². The van der Waals surface area contributed by atoms with Crippen LogP contribution >= 0.6 is 11.6 Å². The summed E-state index contributed by atoms with van der Waals surface area (Å²) in [5, 5.41) is 7.01. The number of nitrogens with zero attached hydrogens (tertiary/aromatic N) is 2. The second kappa shape index (κ2) is 5.88. The number of aryl methyl sites for hydroxylation is 1. The molecule has 0 radical (unpaired) electrons. The molecule has 0 unspecified atom stereocenters. The van der Waals surface area contributed by atoms with Crippen molar-refractivity contribution in [2.45, 2.75) is 20.0 Å². The highest BCUT2D eigenvalue weighted by Crippen LogP contribution is 2.39. The fraction of sp³-hybridized carbons (Fsp3) is 0.333. The average Bonchev–Trinajstić information content (AvgIpc) is 2.85. The van der Waals surface area contributed by atoms with Crippen molar-refractivity contribution in [3.8, 4) is 5.75 Å². The normalized spacial score (nSPS) is 16.9. The minimum absolute atomic E-state index is 0.0468. The van der Waals surface area contributed by atoms with E-state index in [2.05, 4.69) is 10.5 Å². The Labute approximate surface area is 133 Å². The number of nitrogens with one attached hydrogen (secondary N) is 1. The van der Waals surface area contributed by atoms with E-state index in [0.717, 1.165) is 5.69 Å². The van der Waals surface area contributed by atoms with Crippen LogP contribution in [-0.4, -0.2) is 30.3 Å². The number of ether oxygens (including phenoxy) is 1. The van der Waals surface area contributed by atoms with Crippen molar-refractivity contribution in [2.75, 3.05) is 23.3 Å². The Kier molecular flexibility index (Phi) is 3.94. The molecule has 7 heteroatoms. The van der Waals surface area contributed by atoms with Crippen molar-refractivity contribution < 1.29 is 14.1 Å². The zero-order valence-electron chi connectivity index (χ0n) is 12.3. The van der Waals surface area contributed by atoms with Crippen LogP contribution in [0.3, 0.4) is 0 Å². The van der Waals surface area contributed by atoms with Crippen molar-refractivity contribution in [3.05, 3.63) is 35.0 Å². The molecule has 22 heavy (non-hydrogen) atoms. The van der Waals surface area contributed by atoms with Crippen LogP contribution in [0, 0.1) is 6.92 Å². The molecule has 1 atom stereocenters. The summed E-state index contributed by atoms with van der Waals surface area (Å²) < 4.78 is 10.7. The van der Waals surface area contributed by atoms with Gasteiger partial charge in [-0.1, -0.05) is 22.8 Å². The van der Waals surface area contributed by atoms with Gasteiger partial charge in [-0.3, -0.25) is 4.79 Å². The van der Waals surface area contributed by atoms with Gasteiger partial charge in [0, 0.05) is 6.07 Å². The Morgan fingerprint density at radius 1 is 1.55 bits per heavy atom. The molecule has 3 rings (SSSR count). The number of anilines is 2. The molecule has 1 amide bonds. The Balaban J connectivity index is 1.75. The van der Waals surface area contributed by atoms with Crippen molar-refractivity contribution >= 4 is 29.0 Å². The van der Waals surface area contributed by atoms with Crippen molar-refractivity contribution in [2.24, 2.45) is 0 Å². The molecule has 0 saturated heterocycles. The maximum absolute atomic E-state index is 12.2. The highest BCUT2D eigenvalue weighted by molar-refractivity contribution is 6.32. The highest BCUT2D eigenvalue weighted by atomic mass is 35.5. The van der Waals surface area contributed by atoms with Crippen LogP contribution in [0.1, 0.15) is 12.7 Å². The molecule has 1 aliphatic rings. The van der Waals surface area contributed by atoms with Gasteiger partial charge in [-0.15, -0.1) is 0 Å². The van der Waals surface area contributed by atoms with E-state index in [1.165, 1.54) is 0 Å². The minimum Gasteiger partial charge on any atom is -0.485 e. The SMILES string of the molecule is Cc1cc(NC(=O)CN2C[C@@H](C)Oc3c(Cl)cccc32)no1. The van der Waals surface area contributed by atoms with E-state index in [0.29, 0.717) is 28.9 Å². The minimum atomic E-state index is -0.173. The second-order valence-electron chi connectivity index (χ2n) is 5.27. The Morgan fingerprint density at radius 2 is 2.36 bits per heavy atom. The number of fused-ring (bicyclic) bond motifs is 1. The van der Waals surface area contributed by atoms with Gasteiger partial charge in [-0.05, 0) is 26.0 Å². The van der Waals surface area contributed by atoms with Gasteiger partial charge in [0.05, 0.1) is 23.8 Å². The summed E-state index contributed by atoms with van der Waals surface area (Å²) in [6, 6.07) is 7.17. The molecule has 6 nitrogen and oxygen atoms in total. The van der Waals surface area contributed by atoms with Crippen LogP contribution in [0.15, 0.2) is 28.8 Å². The van der Waals surface area contributed by atoms with E-state index in [-0.39, 0.29) is 18.6 Å². The molecular weight excluding hydrogens is 306 g/mol. The van der Waals surface area contributed by atoms with Crippen molar-refractivity contribution in [1.82, 2.24) is 5.16 Å². The summed E-state index contributed by atoms with van der Waals surface area (Å²) in [5.41, 5.74) is 0.817. The number of amides is 1. The van der Waals surface area contributed by atoms with E-state index in [1.807, 2.05) is 24.0 Å². The third-order valence-corrected chi connectivity index (χ3v) is 3.61. The first-order valence-electron chi connectivity index (χ1n) is 6.96. The number of aromatic nitrogens is 1. The summed E-state index contributed by atoms with van der Waals surface area (Å²) in [4.78, 5) is 14.1. The predicted octanol–water partition coefficient (Wildman–Crippen LogP) is 2.86. The van der Waals surface area contributed by atoms with E-state index in [9.17, 15) is 4.79 Å². The summed E-state index contributed by atoms with van der Waals surface area (Å²) in [5.74, 6) is 1.50. The lowest BCUT2D eigenvalue weighted by Gasteiger charge is -2.34. The van der Waals surface area contributed by atoms with Gasteiger partial charge in [0.25, 0.3) is 0 Å². The number of hydrogen-bond donors (Lipinski definition) is 1. The molecule has 1 aromatic heterocycles. The number of hydrogen-bond acceptors (Lipinski definition) is 5. The topological polar surface area (TPSA) is 67.6 Å².